The summed E-state index contributed by atoms with van der Waals surface area (Å²) in [4.78, 5) is 13.9. The van der Waals surface area contributed by atoms with Gasteiger partial charge in [0.05, 0.1) is 12.6 Å². The maximum atomic E-state index is 12.2. The Balaban J connectivity index is 1.55. The Morgan fingerprint density at radius 3 is 2.76 bits per heavy atom. The van der Waals surface area contributed by atoms with E-state index in [-0.39, 0.29) is 6.09 Å². The molecule has 4 heteroatoms. The van der Waals surface area contributed by atoms with Crippen LogP contribution in [0.15, 0.2) is 30.3 Å². The Kier molecular flexibility index (Phi) is 4.44. The molecule has 21 heavy (non-hydrogen) atoms. The highest BCUT2D eigenvalue weighted by Crippen LogP contribution is 2.36. The average molecular weight is 289 g/mol. The third-order valence-corrected chi connectivity index (χ3v) is 4.79. The van der Waals surface area contributed by atoms with E-state index >= 15 is 0 Å². The van der Waals surface area contributed by atoms with Crippen molar-refractivity contribution in [2.24, 2.45) is 11.8 Å². The molecule has 1 aliphatic carbocycles. The minimum atomic E-state index is -0.395. The van der Waals surface area contributed by atoms with Crippen molar-refractivity contribution in [1.82, 2.24) is 4.90 Å². The van der Waals surface area contributed by atoms with Gasteiger partial charge in [0.15, 0.2) is 0 Å². The van der Waals surface area contributed by atoms with Gasteiger partial charge in [-0.3, -0.25) is 0 Å². The molecule has 114 valence electrons. The summed E-state index contributed by atoms with van der Waals surface area (Å²) >= 11 is 0. The Morgan fingerprint density at radius 2 is 1.95 bits per heavy atom. The van der Waals surface area contributed by atoms with Gasteiger partial charge < -0.3 is 14.7 Å². The SMILES string of the molecule is O=C(OCc1ccccc1)N1C[C@@H]2CCCC[C@@H]2[C@H](O)C1. The minimum absolute atomic E-state index is 0.292. The van der Waals surface area contributed by atoms with Gasteiger partial charge in [0.25, 0.3) is 0 Å². The minimum Gasteiger partial charge on any atom is -0.445 e. The van der Waals surface area contributed by atoms with E-state index < -0.39 is 6.10 Å². The Morgan fingerprint density at radius 1 is 1.19 bits per heavy atom. The maximum absolute atomic E-state index is 12.2. The fourth-order valence-corrected chi connectivity index (χ4v) is 3.65. The number of aliphatic hydroxyl groups is 1. The first kappa shape index (κ1) is 14.4. The standard InChI is InChI=1S/C17H23NO3/c19-16-11-18(10-14-8-4-5-9-15(14)16)17(20)21-12-13-6-2-1-3-7-13/h1-3,6-7,14-16,19H,4-5,8-12H2/t14-,15-,16+/m0/s1. The van der Waals surface area contributed by atoms with Crippen molar-refractivity contribution in [3.05, 3.63) is 35.9 Å². The first-order valence-corrected chi connectivity index (χ1v) is 7.88. The fraction of sp³-hybridized carbons (Fsp3) is 0.588. The van der Waals surface area contributed by atoms with Gasteiger partial charge in [0.2, 0.25) is 0 Å². The van der Waals surface area contributed by atoms with Crippen LogP contribution in [-0.2, 0) is 11.3 Å². The molecule has 3 atom stereocenters. The van der Waals surface area contributed by atoms with Gasteiger partial charge in [-0.2, -0.15) is 0 Å². The number of carbonyl (C=O) groups excluding carboxylic acids is 1. The van der Waals surface area contributed by atoms with E-state index in [2.05, 4.69) is 0 Å². The number of aliphatic hydroxyl groups excluding tert-OH is 1. The van der Waals surface area contributed by atoms with Crippen LogP contribution in [0.2, 0.25) is 0 Å². The summed E-state index contributed by atoms with van der Waals surface area (Å²) in [6.45, 7) is 1.44. The van der Waals surface area contributed by atoms with Gasteiger partial charge in [-0.05, 0) is 30.2 Å². The highest BCUT2D eigenvalue weighted by atomic mass is 16.6. The third kappa shape index (κ3) is 3.38. The molecular formula is C17H23NO3. The molecule has 3 rings (SSSR count). The predicted molar refractivity (Wildman–Crippen MR) is 79.7 cm³/mol. The van der Waals surface area contributed by atoms with Crippen LogP contribution in [0, 0.1) is 11.8 Å². The van der Waals surface area contributed by atoms with E-state index in [1.807, 2.05) is 30.3 Å². The van der Waals surface area contributed by atoms with Crippen LogP contribution in [0.4, 0.5) is 4.79 Å². The van der Waals surface area contributed by atoms with Crippen molar-refractivity contribution >= 4 is 6.09 Å². The van der Waals surface area contributed by atoms with Gasteiger partial charge >= 0.3 is 6.09 Å². The molecule has 2 fully saturated rings. The molecule has 4 nitrogen and oxygen atoms in total. The molecule has 1 saturated heterocycles. The zero-order valence-electron chi connectivity index (χ0n) is 12.3. The third-order valence-electron chi connectivity index (χ3n) is 4.79. The fourth-order valence-electron chi connectivity index (χ4n) is 3.65. The average Bonchev–Trinajstić information content (AvgIpc) is 2.53. The predicted octanol–water partition coefficient (Wildman–Crippen LogP) is 2.81. The molecule has 0 bridgehead atoms. The van der Waals surface area contributed by atoms with E-state index in [1.54, 1.807) is 4.90 Å². The summed E-state index contributed by atoms with van der Waals surface area (Å²) in [6.07, 6.45) is 3.93. The largest absolute Gasteiger partial charge is 0.445 e. The van der Waals surface area contributed by atoms with Crippen LogP contribution < -0.4 is 0 Å². The molecule has 1 heterocycles. The van der Waals surface area contributed by atoms with Crippen LogP contribution in [0.25, 0.3) is 0 Å². The van der Waals surface area contributed by atoms with Crippen LogP contribution in [0.3, 0.4) is 0 Å². The number of hydrogen-bond acceptors (Lipinski definition) is 3. The van der Waals surface area contributed by atoms with E-state index in [9.17, 15) is 9.90 Å². The Labute approximate surface area is 125 Å². The second-order valence-electron chi connectivity index (χ2n) is 6.22. The van der Waals surface area contributed by atoms with E-state index in [1.165, 1.54) is 12.8 Å². The molecule has 0 radical (unpaired) electrons. The number of ether oxygens (including phenoxy) is 1. The number of likely N-dealkylation sites (tertiary alicyclic amines) is 1. The lowest BCUT2D eigenvalue weighted by Crippen LogP contribution is -2.52. The lowest BCUT2D eigenvalue weighted by Gasteiger charge is -2.43. The summed E-state index contributed by atoms with van der Waals surface area (Å²) in [5, 5.41) is 10.3. The lowest BCUT2D eigenvalue weighted by atomic mass is 9.74. The second-order valence-corrected chi connectivity index (χ2v) is 6.22. The quantitative estimate of drug-likeness (QED) is 0.911. The molecule has 1 N–H and O–H groups in total. The number of fused-ring (bicyclic) bond motifs is 1. The molecule has 1 aliphatic heterocycles. The number of rotatable bonds is 2. The Bertz CT molecular complexity index is 476. The van der Waals surface area contributed by atoms with Crippen LogP contribution in [0.5, 0.6) is 0 Å². The summed E-state index contributed by atoms with van der Waals surface area (Å²) in [5.41, 5.74) is 0.985. The summed E-state index contributed by atoms with van der Waals surface area (Å²) < 4.78 is 5.37. The molecule has 1 aromatic rings. The van der Waals surface area contributed by atoms with E-state index in [0.29, 0.717) is 25.0 Å². The van der Waals surface area contributed by atoms with Crippen LogP contribution in [0.1, 0.15) is 31.2 Å². The normalized spacial score (nSPS) is 28.8. The number of nitrogens with zero attached hydrogens (tertiary/aromatic N) is 1. The number of hydrogen-bond donors (Lipinski definition) is 1. The molecule has 0 unspecified atom stereocenters. The van der Waals surface area contributed by atoms with Crippen molar-refractivity contribution in [3.8, 4) is 0 Å². The number of amides is 1. The van der Waals surface area contributed by atoms with Crippen molar-refractivity contribution in [3.63, 3.8) is 0 Å². The van der Waals surface area contributed by atoms with Gasteiger partial charge in [0.1, 0.15) is 6.61 Å². The molecule has 1 amide bonds. The smallest absolute Gasteiger partial charge is 0.410 e. The zero-order chi connectivity index (χ0) is 14.7. The van der Waals surface area contributed by atoms with Crippen molar-refractivity contribution in [1.29, 1.82) is 0 Å². The first-order chi connectivity index (χ1) is 10.2. The summed E-state index contributed by atoms with van der Waals surface area (Å²) in [7, 11) is 0. The molecular weight excluding hydrogens is 266 g/mol. The van der Waals surface area contributed by atoms with Gasteiger partial charge in [-0.1, -0.05) is 43.2 Å². The van der Waals surface area contributed by atoms with Crippen LogP contribution >= 0.6 is 0 Å². The van der Waals surface area contributed by atoms with Crippen molar-refractivity contribution in [2.45, 2.75) is 38.4 Å². The second kappa shape index (κ2) is 6.48. The van der Waals surface area contributed by atoms with Gasteiger partial charge in [-0.25, -0.2) is 4.79 Å². The number of β-amino-alcohol motifs (C(OH)–C–C–N with tert-alkyl or cyclic N) is 1. The monoisotopic (exact) mass is 289 g/mol. The molecule has 1 aromatic carbocycles. The summed E-state index contributed by atoms with van der Waals surface area (Å²) in [5.74, 6) is 0.809. The summed E-state index contributed by atoms with van der Waals surface area (Å²) in [6, 6.07) is 9.68. The molecule has 0 aromatic heterocycles. The highest BCUT2D eigenvalue weighted by Gasteiger charge is 2.39. The Hall–Kier alpha value is -1.55. The van der Waals surface area contributed by atoms with E-state index in [4.69, 9.17) is 4.74 Å². The van der Waals surface area contributed by atoms with Gasteiger partial charge in [0, 0.05) is 6.54 Å². The topological polar surface area (TPSA) is 49.8 Å². The number of benzene rings is 1. The van der Waals surface area contributed by atoms with Crippen molar-refractivity contribution < 1.29 is 14.6 Å². The number of piperidine rings is 1. The van der Waals surface area contributed by atoms with Crippen LogP contribution in [-0.4, -0.2) is 35.3 Å². The molecule has 0 spiro atoms. The zero-order valence-corrected chi connectivity index (χ0v) is 12.3. The molecule has 1 saturated carbocycles. The highest BCUT2D eigenvalue weighted by molar-refractivity contribution is 5.67. The number of carbonyl (C=O) groups is 1. The molecule has 2 aliphatic rings. The maximum Gasteiger partial charge on any atom is 0.410 e. The lowest BCUT2D eigenvalue weighted by molar-refractivity contribution is -0.0319. The first-order valence-electron chi connectivity index (χ1n) is 7.88. The van der Waals surface area contributed by atoms with Gasteiger partial charge in [-0.15, -0.1) is 0 Å². The van der Waals surface area contributed by atoms with Crippen molar-refractivity contribution in [2.75, 3.05) is 13.1 Å². The van der Waals surface area contributed by atoms with E-state index in [0.717, 1.165) is 24.9 Å².